The summed E-state index contributed by atoms with van der Waals surface area (Å²) >= 11 is 3.94. The Labute approximate surface area is 48.9 Å². The summed E-state index contributed by atoms with van der Waals surface area (Å²) < 4.78 is 4.66. The lowest BCUT2D eigenvalue weighted by atomic mass is 10.5. The second-order valence-electron chi connectivity index (χ2n) is 1.29. The van der Waals surface area contributed by atoms with Crippen LogP contribution in [-0.2, 0) is 4.74 Å². The highest BCUT2D eigenvalue weighted by molar-refractivity contribution is 7.81. The molecule has 1 atom stereocenters. The molecule has 0 radical (unpaired) electrons. The second-order valence-corrected chi connectivity index (χ2v) is 2.02. The Morgan fingerprint density at radius 2 is 2.43 bits per heavy atom. The predicted octanol–water partition coefficient (Wildman–Crippen LogP) is -0.0765. The minimum absolute atomic E-state index is 0.0231. The highest BCUT2D eigenvalue weighted by Gasteiger charge is 1.95. The Hall–Kier alpha value is 0.270. The van der Waals surface area contributed by atoms with Crippen molar-refractivity contribution in [1.82, 2.24) is 0 Å². The van der Waals surface area contributed by atoms with Gasteiger partial charge in [-0.05, 0) is 0 Å². The molecule has 0 saturated carbocycles. The van der Waals surface area contributed by atoms with Crippen LogP contribution in [0.15, 0.2) is 0 Å². The first-order valence-corrected chi connectivity index (χ1v) is 2.60. The molecule has 0 bridgehead atoms. The summed E-state index contributed by atoms with van der Waals surface area (Å²) in [6.45, 7) is 0.594. The molecule has 7 heavy (non-hydrogen) atoms. The van der Waals surface area contributed by atoms with Crippen LogP contribution in [0.3, 0.4) is 0 Å². The smallest absolute Gasteiger partial charge is 0.0600 e. The molecule has 44 valence electrons. The second kappa shape index (κ2) is 4.43. The van der Waals surface area contributed by atoms with Gasteiger partial charge in [0, 0.05) is 12.4 Å². The van der Waals surface area contributed by atoms with Crippen molar-refractivity contribution >= 4 is 12.6 Å². The lowest BCUT2D eigenvalue weighted by Crippen LogP contribution is -2.11. The standard InChI is InChI=1S/C4H10O2S/c1-6-3-4(7)2-5/h4-5,7H,2-3H2,1H3. The molecule has 0 heterocycles. The number of thiol groups is 1. The van der Waals surface area contributed by atoms with Crippen molar-refractivity contribution in [2.24, 2.45) is 0 Å². The molecule has 0 fully saturated rings. The molecule has 0 saturated heterocycles. The molecule has 2 nitrogen and oxygen atoms in total. The minimum Gasteiger partial charge on any atom is -0.395 e. The summed E-state index contributed by atoms with van der Waals surface area (Å²) in [5, 5.41) is 8.29. The Bertz CT molecular complexity index is 40.7. The molecule has 0 aliphatic heterocycles. The van der Waals surface area contributed by atoms with E-state index < -0.39 is 0 Å². The highest BCUT2D eigenvalue weighted by Crippen LogP contribution is 1.90. The van der Waals surface area contributed by atoms with Crippen LogP contribution < -0.4 is 0 Å². The molecule has 0 aliphatic carbocycles. The van der Waals surface area contributed by atoms with Crippen molar-refractivity contribution in [2.75, 3.05) is 20.3 Å². The third-order valence-electron chi connectivity index (χ3n) is 0.570. The van der Waals surface area contributed by atoms with Gasteiger partial charge in [0.2, 0.25) is 0 Å². The van der Waals surface area contributed by atoms with Gasteiger partial charge in [0.1, 0.15) is 0 Å². The number of methoxy groups -OCH3 is 1. The fourth-order valence-electron chi connectivity index (χ4n) is 0.245. The van der Waals surface area contributed by atoms with Crippen LogP contribution in [0.5, 0.6) is 0 Å². The summed E-state index contributed by atoms with van der Waals surface area (Å²) in [7, 11) is 1.58. The van der Waals surface area contributed by atoms with Crippen LogP contribution >= 0.6 is 12.6 Å². The zero-order valence-corrected chi connectivity index (χ0v) is 5.19. The molecule has 1 N–H and O–H groups in total. The summed E-state index contributed by atoms with van der Waals surface area (Å²) in [5.74, 6) is 0. The van der Waals surface area contributed by atoms with Gasteiger partial charge in [0.05, 0.1) is 13.2 Å². The molecule has 0 aromatic carbocycles. The summed E-state index contributed by atoms with van der Waals surface area (Å²) in [6.07, 6.45) is 0. The fraction of sp³-hybridized carbons (Fsp3) is 1.00. The van der Waals surface area contributed by atoms with Gasteiger partial charge in [-0.25, -0.2) is 0 Å². The van der Waals surface area contributed by atoms with E-state index in [4.69, 9.17) is 5.11 Å². The van der Waals surface area contributed by atoms with Gasteiger partial charge >= 0.3 is 0 Å². The average Bonchev–Trinajstić information content (AvgIpc) is 1.68. The maximum atomic E-state index is 8.31. The van der Waals surface area contributed by atoms with Crippen LogP contribution in [0, 0.1) is 0 Å². The van der Waals surface area contributed by atoms with Crippen molar-refractivity contribution in [3.8, 4) is 0 Å². The number of hydrogen-bond acceptors (Lipinski definition) is 3. The van der Waals surface area contributed by atoms with Crippen molar-refractivity contribution in [3.63, 3.8) is 0 Å². The quantitative estimate of drug-likeness (QED) is 0.513. The molecule has 0 amide bonds. The normalized spacial score (nSPS) is 14.1. The Balaban J connectivity index is 2.83. The van der Waals surface area contributed by atoms with E-state index in [1.165, 1.54) is 0 Å². The monoisotopic (exact) mass is 122 g/mol. The number of rotatable bonds is 3. The average molecular weight is 122 g/mol. The number of ether oxygens (including phenoxy) is 1. The maximum absolute atomic E-state index is 8.31. The van der Waals surface area contributed by atoms with E-state index in [0.717, 1.165) is 0 Å². The van der Waals surface area contributed by atoms with Crippen molar-refractivity contribution < 1.29 is 9.84 Å². The molecule has 0 aromatic rings. The number of aliphatic hydroxyl groups excluding tert-OH is 1. The molecule has 0 aromatic heterocycles. The first-order chi connectivity index (χ1) is 3.31. The Morgan fingerprint density at radius 1 is 1.86 bits per heavy atom. The first-order valence-electron chi connectivity index (χ1n) is 2.09. The van der Waals surface area contributed by atoms with Gasteiger partial charge < -0.3 is 9.84 Å². The lowest BCUT2D eigenvalue weighted by Gasteiger charge is -2.01. The van der Waals surface area contributed by atoms with Crippen LogP contribution in [0.25, 0.3) is 0 Å². The minimum atomic E-state index is -0.0231. The van der Waals surface area contributed by atoms with Gasteiger partial charge in [-0.3, -0.25) is 0 Å². The van der Waals surface area contributed by atoms with Crippen LogP contribution in [0.1, 0.15) is 0 Å². The van der Waals surface area contributed by atoms with Gasteiger partial charge in [-0.15, -0.1) is 0 Å². The highest BCUT2D eigenvalue weighted by atomic mass is 32.1. The number of hydrogen-bond donors (Lipinski definition) is 2. The topological polar surface area (TPSA) is 29.5 Å². The Kier molecular flexibility index (Phi) is 4.60. The zero-order chi connectivity index (χ0) is 5.70. The van der Waals surface area contributed by atoms with Crippen molar-refractivity contribution in [2.45, 2.75) is 5.25 Å². The van der Waals surface area contributed by atoms with Crippen molar-refractivity contribution in [3.05, 3.63) is 0 Å². The SMILES string of the molecule is COCC(S)CO. The fourth-order valence-corrected chi connectivity index (χ4v) is 0.394. The van der Waals surface area contributed by atoms with E-state index in [-0.39, 0.29) is 11.9 Å². The van der Waals surface area contributed by atoms with E-state index in [9.17, 15) is 0 Å². The molecule has 0 rings (SSSR count). The maximum Gasteiger partial charge on any atom is 0.0600 e. The third kappa shape index (κ3) is 4.12. The van der Waals surface area contributed by atoms with Gasteiger partial charge in [0.15, 0.2) is 0 Å². The van der Waals surface area contributed by atoms with Gasteiger partial charge in [0.25, 0.3) is 0 Å². The van der Waals surface area contributed by atoms with Crippen molar-refractivity contribution in [1.29, 1.82) is 0 Å². The molecule has 1 unspecified atom stereocenters. The molecule has 0 spiro atoms. The predicted molar refractivity (Wildman–Crippen MR) is 31.7 cm³/mol. The first kappa shape index (κ1) is 7.27. The summed E-state index contributed by atoms with van der Waals surface area (Å²) in [6, 6.07) is 0. The molecule has 3 heteroatoms. The lowest BCUT2D eigenvalue weighted by molar-refractivity contribution is 0.172. The van der Waals surface area contributed by atoms with E-state index in [1.807, 2.05) is 0 Å². The van der Waals surface area contributed by atoms with E-state index >= 15 is 0 Å². The van der Waals surface area contributed by atoms with Crippen LogP contribution in [-0.4, -0.2) is 30.7 Å². The Morgan fingerprint density at radius 3 is 2.57 bits per heavy atom. The van der Waals surface area contributed by atoms with Gasteiger partial charge in [-0.1, -0.05) is 0 Å². The van der Waals surface area contributed by atoms with E-state index in [1.54, 1.807) is 7.11 Å². The van der Waals surface area contributed by atoms with Gasteiger partial charge in [-0.2, -0.15) is 12.6 Å². The van der Waals surface area contributed by atoms with E-state index in [2.05, 4.69) is 17.4 Å². The molecular weight excluding hydrogens is 112 g/mol. The van der Waals surface area contributed by atoms with Crippen LogP contribution in [0.4, 0.5) is 0 Å². The summed E-state index contributed by atoms with van der Waals surface area (Å²) in [5.41, 5.74) is 0. The molecular formula is C4H10O2S. The van der Waals surface area contributed by atoms with E-state index in [0.29, 0.717) is 6.61 Å². The zero-order valence-electron chi connectivity index (χ0n) is 4.29. The number of aliphatic hydroxyl groups is 1. The van der Waals surface area contributed by atoms with Crippen LogP contribution in [0.2, 0.25) is 0 Å². The summed E-state index contributed by atoms with van der Waals surface area (Å²) in [4.78, 5) is 0. The largest absolute Gasteiger partial charge is 0.395 e. The third-order valence-corrected chi connectivity index (χ3v) is 0.882. The molecule has 0 aliphatic rings.